The van der Waals surface area contributed by atoms with Crippen LogP contribution in [0.1, 0.15) is 43.4 Å². The molecule has 88 valence electrons. The second-order valence-electron chi connectivity index (χ2n) is 4.49. The van der Waals surface area contributed by atoms with Gasteiger partial charge >= 0.3 is 0 Å². The fourth-order valence-electron chi connectivity index (χ4n) is 2.29. The first-order chi connectivity index (χ1) is 7.83. The van der Waals surface area contributed by atoms with Gasteiger partial charge in [0.05, 0.1) is 6.61 Å². The molecule has 16 heavy (non-hydrogen) atoms. The first-order valence-electron chi connectivity index (χ1n) is 6.28. The number of ether oxygens (including phenoxy) is 1. The van der Waals surface area contributed by atoms with Gasteiger partial charge in [0.15, 0.2) is 0 Å². The number of hydrogen-bond donors (Lipinski definition) is 1. The van der Waals surface area contributed by atoms with E-state index in [2.05, 4.69) is 37.4 Å². The first kappa shape index (κ1) is 11.5. The van der Waals surface area contributed by atoms with E-state index in [1.54, 1.807) is 0 Å². The fourth-order valence-corrected chi connectivity index (χ4v) is 2.29. The molecule has 0 spiro atoms. The lowest BCUT2D eigenvalue weighted by atomic mass is 10.00. The third-order valence-corrected chi connectivity index (χ3v) is 3.14. The highest BCUT2D eigenvalue weighted by Gasteiger charge is 2.19. The summed E-state index contributed by atoms with van der Waals surface area (Å²) in [7, 11) is 0. The molecule has 1 N–H and O–H groups in total. The summed E-state index contributed by atoms with van der Waals surface area (Å²) in [6.07, 6.45) is 3.49. The molecule has 1 heterocycles. The summed E-state index contributed by atoms with van der Waals surface area (Å²) >= 11 is 0. The maximum Gasteiger partial charge on any atom is 0.126 e. The van der Waals surface area contributed by atoms with Gasteiger partial charge in [-0.15, -0.1) is 0 Å². The molecule has 1 aliphatic rings. The highest BCUT2D eigenvalue weighted by Crippen LogP contribution is 2.33. The molecule has 0 bridgehead atoms. The number of hydrogen-bond acceptors (Lipinski definition) is 2. The lowest BCUT2D eigenvalue weighted by molar-refractivity contribution is 0.313. The summed E-state index contributed by atoms with van der Waals surface area (Å²) in [5.41, 5.74) is 2.59. The number of fused-ring (bicyclic) bond motifs is 1. The summed E-state index contributed by atoms with van der Waals surface area (Å²) < 4.78 is 5.85. The molecule has 2 rings (SSSR count). The van der Waals surface area contributed by atoms with Gasteiger partial charge in [0.2, 0.25) is 0 Å². The quantitative estimate of drug-likeness (QED) is 0.843. The fraction of sp³-hybridized carbons (Fsp3) is 0.571. The highest BCUT2D eigenvalue weighted by atomic mass is 16.5. The van der Waals surface area contributed by atoms with Gasteiger partial charge in [-0.25, -0.2) is 0 Å². The Hall–Kier alpha value is -1.02. The molecule has 0 fully saturated rings. The smallest absolute Gasteiger partial charge is 0.126 e. The Balaban J connectivity index is 2.26. The van der Waals surface area contributed by atoms with Crippen LogP contribution in [0.4, 0.5) is 0 Å². The topological polar surface area (TPSA) is 21.3 Å². The van der Waals surface area contributed by atoms with E-state index in [0.29, 0.717) is 6.04 Å². The van der Waals surface area contributed by atoms with Gasteiger partial charge in [-0.1, -0.05) is 25.1 Å². The molecule has 1 aromatic carbocycles. The van der Waals surface area contributed by atoms with Crippen molar-refractivity contribution in [2.24, 2.45) is 0 Å². The van der Waals surface area contributed by atoms with Crippen molar-refractivity contribution in [3.8, 4) is 5.75 Å². The molecule has 0 saturated heterocycles. The number of nitrogens with one attached hydrogen (secondary N) is 1. The Bertz CT molecular complexity index is 349. The molecular formula is C14H21NO. The molecule has 1 aliphatic heterocycles. The number of para-hydroxylation sites is 1. The summed E-state index contributed by atoms with van der Waals surface area (Å²) in [6, 6.07) is 6.92. The van der Waals surface area contributed by atoms with Crippen LogP contribution in [0.5, 0.6) is 5.75 Å². The van der Waals surface area contributed by atoms with E-state index in [0.717, 1.165) is 25.3 Å². The van der Waals surface area contributed by atoms with E-state index >= 15 is 0 Å². The molecule has 1 aromatic rings. The molecule has 2 heteroatoms. The second-order valence-corrected chi connectivity index (χ2v) is 4.49. The van der Waals surface area contributed by atoms with Crippen LogP contribution in [0, 0.1) is 6.92 Å². The van der Waals surface area contributed by atoms with Crippen molar-refractivity contribution in [1.82, 2.24) is 5.32 Å². The molecule has 0 saturated carbocycles. The second kappa shape index (κ2) is 5.35. The summed E-state index contributed by atoms with van der Waals surface area (Å²) in [5, 5.41) is 3.61. The van der Waals surface area contributed by atoms with Crippen molar-refractivity contribution in [1.29, 1.82) is 0 Å². The van der Waals surface area contributed by atoms with Gasteiger partial charge in [-0.3, -0.25) is 0 Å². The van der Waals surface area contributed by atoms with Crippen molar-refractivity contribution in [2.45, 2.75) is 39.2 Å². The van der Waals surface area contributed by atoms with E-state index in [1.807, 2.05) is 0 Å². The van der Waals surface area contributed by atoms with Crippen LogP contribution in [0.3, 0.4) is 0 Å². The first-order valence-corrected chi connectivity index (χ1v) is 6.28. The third kappa shape index (κ3) is 2.38. The van der Waals surface area contributed by atoms with Crippen LogP contribution in [0.25, 0.3) is 0 Å². The summed E-state index contributed by atoms with van der Waals surface area (Å²) in [5.74, 6) is 1.11. The van der Waals surface area contributed by atoms with Gasteiger partial charge in [-0.05, 0) is 38.3 Å². The van der Waals surface area contributed by atoms with Gasteiger partial charge < -0.3 is 10.1 Å². The SMILES string of the molecule is CCCNC1CCCOc2c(C)cccc21. The van der Waals surface area contributed by atoms with E-state index in [-0.39, 0.29) is 0 Å². The zero-order valence-corrected chi connectivity index (χ0v) is 10.3. The van der Waals surface area contributed by atoms with Gasteiger partial charge in [-0.2, -0.15) is 0 Å². The maximum absolute atomic E-state index is 5.85. The van der Waals surface area contributed by atoms with Crippen LogP contribution in [-0.4, -0.2) is 13.2 Å². The Morgan fingerprint density at radius 1 is 1.44 bits per heavy atom. The Labute approximate surface area is 98.0 Å². The molecular weight excluding hydrogens is 198 g/mol. The Kier molecular flexibility index (Phi) is 3.83. The lowest BCUT2D eigenvalue weighted by Gasteiger charge is -2.18. The van der Waals surface area contributed by atoms with E-state index in [4.69, 9.17) is 4.74 Å². The molecule has 0 radical (unpaired) electrons. The Morgan fingerprint density at radius 3 is 3.12 bits per heavy atom. The van der Waals surface area contributed by atoms with Gasteiger partial charge in [0, 0.05) is 11.6 Å². The van der Waals surface area contributed by atoms with Crippen LogP contribution in [0.2, 0.25) is 0 Å². The summed E-state index contributed by atoms with van der Waals surface area (Å²) in [6.45, 7) is 6.26. The van der Waals surface area contributed by atoms with Crippen molar-refractivity contribution in [3.05, 3.63) is 29.3 Å². The number of aryl methyl sites for hydroxylation is 1. The normalized spacial score (nSPS) is 19.8. The van der Waals surface area contributed by atoms with Crippen molar-refractivity contribution >= 4 is 0 Å². The number of rotatable bonds is 3. The summed E-state index contributed by atoms with van der Waals surface area (Å²) in [4.78, 5) is 0. The lowest BCUT2D eigenvalue weighted by Crippen LogP contribution is -2.21. The predicted octanol–water partition coefficient (Wildman–Crippen LogP) is 3.21. The van der Waals surface area contributed by atoms with E-state index < -0.39 is 0 Å². The Morgan fingerprint density at radius 2 is 2.31 bits per heavy atom. The minimum atomic E-state index is 0.470. The number of benzene rings is 1. The van der Waals surface area contributed by atoms with Crippen LogP contribution in [0.15, 0.2) is 18.2 Å². The molecule has 1 unspecified atom stereocenters. The van der Waals surface area contributed by atoms with Crippen molar-refractivity contribution in [2.75, 3.05) is 13.2 Å². The molecule has 2 nitrogen and oxygen atoms in total. The van der Waals surface area contributed by atoms with Crippen LogP contribution in [-0.2, 0) is 0 Å². The van der Waals surface area contributed by atoms with Gasteiger partial charge in [0.25, 0.3) is 0 Å². The highest BCUT2D eigenvalue weighted by molar-refractivity contribution is 5.43. The van der Waals surface area contributed by atoms with Crippen molar-refractivity contribution < 1.29 is 4.74 Å². The van der Waals surface area contributed by atoms with Gasteiger partial charge in [0.1, 0.15) is 5.75 Å². The third-order valence-electron chi connectivity index (χ3n) is 3.14. The zero-order chi connectivity index (χ0) is 11.4. The molecule has 0 aromatic heterocycles. The minimum Gasteiger partial charge on any atom is -0.493 e. The average molecular weight is 219 g/mol. The monoisotopic (exact) mass is 219 g/mol. The standard InChI is InChI=1S/C14H21NO/c1-3-9-15-13-8-5-10-16-14-11(2)6-4-7-12(13)14/h4,6-7,13,15H,3,5,8-10H2,1-2H3. The van der Waals surface area contributed by atoms with E-state index in [1.165, 1.54) is 24.0 Å². The zero-order valence-electron chi connectivity index (χ0n) is 10.3. The molecule has 1 atom stereocenters. The molecule has 0 amide bonds. The minimum absolute atomic E-state index is 0.470. The van der Waals surface area contributed by atoms with Crippen molar-refractivity contribution in [3.63, 3.8) is 0 Å². The predicted molar refractivity (Wildman–Crippen MR) is 66.9 cm³/mol. The van der Waals surface area contributed by atoms with E-state index in [9.17, 15) is 0 Å². The molecule has 0 aliphatic carbocycles. The largest absolute Gasteiger partial charge is 0.493 e. The maximum atomic E-state index is 5.85. The average Bonchev–Trinajstić information content (AvgIpc) is 2.50. The van der Waals surface area contributed by atoms with Crippen LogP contribution >= 0.6 is 0 Å². The van der Waals surface area contributed by atoms with Crippen LogP contribution < -0.4 is 10.1 Å².